The summed E-state index contributed by atoms with van der Waals surface area (Å²) in [5.74, 6) is 1.68. The number of rotatable bonds is 12. The van der Waals surface area contributed by atoms with Gasteiger partial charge >= 0.3 is 7.60 Å². The predicted octanol–water partition coefficient (Wildman–Crippen LogP) is 6.15. The normalized spacial score (nSPS) is 13.9. The molecule has 5 heteroatoms. The first-order valence-electron chi connectivity index (χ1n) is 9.28. The Morgan fingerprint density at radius 2 is 1.80 bits per heavy atom. The van der Waals surface area contributed by atoms with Gasteiger partial charge in [-0.15, -0.1) is 0 Å². The number of unbranched alkanes of at least 4 members (excludes halogenated alkanes) is 1. The minimum absolute atomic E-state index is 0.348. The van der Waals surface area contributed by atoms with E-state index in [1.165, 1.54) is 0 Å². The molecule has 0 amide bonds. The van der Waals surface area contributed by atoms with E-state index in [9.17, 15) is 9.67 Å². The maximum absolute atomic E-state index is 12.8. The zero-order chi connectivity index (χ0) is 18.7. The van der Waals surface area contributed by atoms with Crippen LogP contribution in [0.3, 0.4) is 0 Å². The summed E-state index contributed by atoms with van der Waals surface area (Å²) in [7, 11) is -3.20. The second kappa shape index (κ2) is 11.6. The van der Waals surface area contributed by atoms with Gasteiger partial charge in [0, 0.05) is 5.82 Å². The molecule has 0 spiro atoms. The quantitative estimate of drug-likeness (QED) is 0.450. The van der Waals surface area contributed by atoms with Gasteiger partial charge in [0.25, 0.3) is 0 Å². The molecule has 0 saturated heterocycles. The molecule has 142 valence electrons. The summed E-state index contributed by atoms with van der Waals surface area (Å²) >= 11 is 0. The van der Waals surface area contributed by atoms with Crippen molar-refractivity contribution in [2.75, 3.05) is 13.2 Å². The zero-order valence-corrected chi connectivity index (χ0v) is 16.9. The molecule has 1 N–H and O–H groups in total. The van der Waals surface area contributed by atoms with Crippen LogP contribution in [0.2, 0.25) is 0 Å². The van der Waals surface area contributed by atoms with Crippen LogP contribution in [-0.2, 0) is 13.6 Å². The average molecular weight is 368 g/mol. The molecule has 0 aliphatic rings. The van der Waals surface area contributed by atoms with Crippen molar-refractivity contribution in [1.29, 1.82) is 0 Å². The standard InChI is InChI=1S/C20H33O4P/c1-5-8-12-18(16-25(22,23-6-2)24-7-3)14-15-20(21)19-13-10-9-11-17(19)4/h9-11,13,16,20-21H,5-8,12,14-15H2,1-4H3/b18-16+. The van der Waals surface area contributed by atoms with Gasteiger partial charge in [-0.1, -0.05) is 43.2 Å². The number of hydrogen-bond acceptors (Lipinski definition) is 4. The van der Waals surface area contributed by atoms with Crippen molar-refractivity contribution >= 4 is 7.60 Å². The molecule has 0 fully saturated rings. The van der Waals surface area contributed by atoms with Crippen LogP contribution in [0.5, 0.6) is 0 Å². The van der Waals surface area contributed by atoms with Crippen molar-refractivity contribution in [2.24, 2.45) is 0 Å². The number of hydrogen-bond donors (Lipinski definition) is 1. The molecule has 25 heavy (non-hydrogen) atoms. The summed E-state index contributed by atoms with van der Waals surface area (Å²) in [6.07, 6.45) is 3.68. The molecule has 0 aliphatic heterocycles. The molecule has 1 unspecified atom stereocenters. The molecule has 0 bridgehead atoms. The highest BCUT2D eigenvalue weighted by molar-refractivity contribution is 7.57. The van der Waals surface area contributed by atoms with Gasteiger partial charge in [0.05, 0.1) is 19.3 Å². The molecule has 0 saturated carbocycles. The van der Waals surface area contributed by atoms with Crippen LogP contribution in [0.15, 0.2) is 35.7 Å². The monoisotopic (exact) mass is 368 g/mol. The van der Waals surface area contributed by atoms with E-state index in [2.05, 4.69) is 6.92 Å². The fourth-order valence-electron chi connectivity index (χ4n) is 2.79. The minimum atomic E-state index is -3.20. The summed E-state index contributed by atoms with van der Waals surface area (Å²) in [4.78, 5) is 0. The van der Waals surface area contributed by atoms with Crippen molar-refractivity contribution in [3.8, 4) is 0 Å². The van der Waals surface area contributed by atoms with Crippen molar-refractivity contribution in [2.45, 2.75) is 65.9 Å². The Morgan fingerprint density at radius 1 is 1.16 bits per heavy atom. The maximum Gasteiger partial charge on any atom is 0.354 e. The summed E-state index contributed by atoms with van der Waals surface area (Å²) in [6.45, 7) is 8.46. The fraction of sp³-hybridized carbons (Fsp3) is 0.600. The van der Waals surface area contributed by atoms with E-state index in [0.717, 1.165) is 36.0 Å². The molecular weight excluding hydrogens is 335 g/mol. The first kappa shape index (κ1) is 22.1. The maximum atomic E-state index is 12.8. The van der Waals surface area contributed by atoms with Crippen LogP contribution in [-0.4, -0.2) is 18.3 Å². The number of aliphatic hydroxyl groups is 1. The van der Waals surface area contributed by atoms with E-state index >= 15 is 0 Å². The second-order valence-corrected chi connectivity index (χ2v) is 8.03. The van der Waals surface area contributed by atoms with Gasteiger partial charge in [-0.3, -0.25) is 4.57 Å². The minimum Gasteiger partial charge on any atom is -0.388 e. The predicted molar refractivity (Wildman–Crippen MR) is 104 cm³/mol. The lowest BCUT2D eigenvalue weighted by molar-refractivity contribution is 0.166. The van der Waals surface area contributed by atoms with E-state index < -0.39 is 13.7 Å². The Bertz CT molecular complexity index is 573. The third kappa shape index (κ3) is 7.87. The first-order valence-corrected chi connectivity index (χ1v) is 10.9. The largest absolute Gasteiger partial charge is 0.388 e. The highest BCUT2D eigenvalue weighted by Gasteiger charge is 2.21. The van der Waals surface area contributed by atoms with Gasteiger partial charge in [-0.05, 0) is 57.6 Å². The molecule has 1 aromatic rings. The van der Waals surface area contributed by atoms with Crippen molar-refractivity contribution in [3.05, 3.63) is 46.8 Å². The second-order valence-electron chi connectivity index (χ2n) is 6.18. The van der Waals surface area contributed by atoms with Crippen LogP contribution in [0, 0.1) is 6.92 Å². The van der Waals surface area contributed by atoms with Gasteiger partial charge < -0.3 is 14.2 Å². The van der Waals surface area contributed by atoms with Gasteiger partial charge in [0.1, 0.15) is 0 Å². The van der Waals surface area contributed by atoms with E-state index in [1.807, 2.05) is 45.0 Å². The zero-order valence-electron chi connectivity index (χ0n) is 16.0. The number of aliphatic hydroxyl groups excluding tert-OH is 1. The molecule has 1 atom stereocenters. The molecule has 0 aliphatic carbocycles. The van der Waals surface area contributed by atoms with Crippen molar-refractivity contribution in [1.82, 2.24) is 0 Å². The van der Waals surface area contributed by atoms with E-state index in [1.54, 1.807) is 5.82 Å². The van der Waals surface area contributed by atoms with Crippen LogP contribution in [0.4, 0.5) is 0 Å². The SMILES string of the molecule is CCCC/C(=C\P(=O)(OCC)OCC)CCC(O)c1ccccc1C. The number of allylic oxidation sites excluding steroid dienone is 1. The average Bonchev–Trinajstić information content (AvgIpc) is 2.57. The van der Waals surface area contributed by atoms with Crippen LogP contribution < -0.4 is 0 Å². The van der Waals surface area contributed by atoms with Gasteiger partial charge in [-0.25, -0.2) is 0 Å². The summed E-state index contributed by atoms with van der Waals surface area (Å²) < 4.78 is 23.5. The van der Waals surface area contributed by atoms with Crippen molar-refractivity contribution < 1.29 is 18.7 Å². The molecular formula is C20H33O4P. The van der Waals surface area contributed by atoms with Gasteiger partial charge in [0.15, 0.2) is 0 Å². The third-order valence-corrected chi connectivity index (χ3v) is 6.01. The molecule has 1 aromatic carbocycles. The fourth-order valence-corrected chi connectivity index (χ4v) is 4.44. The Hall–Kier alpha value is -0.930. The molecule has 0 heterocycles. The lowest BCUT2D eigenvalue weighted by Crippen LogP contribution is -2.01. The topological polar surface area (TPSA) is 55.8 Å². The summed E-state index contributed by atoms with van der Waals surface area (Å²) in [6, 6.07) is 7.88. The first-order chi connectivity index (χ1) is 12.0. The van der Waals surface area contributed by atoms with Crippen LogP contribution >= 0.6 is 7.60 Å². The lowest BCUT2D eigenvalue weighted by atomic mass is 9.97. The van der Waals surface area contributed by atoms with Gasteiger partial charge in [0.2, 0.25) is 0 Å². The smallest absolute Gasteiger partial charge is 0.354 e. The highest BCUT2D eigenvalue weighted by atomic mass is 31.2. The van der Waals surface area contributed by atoms with Crippen LogP contribution in [0.1, 0.15) is 70.1 Å². The third-order valence-electron chi connectivity index (χ3n) is 4.10. The Balaban J connectivity index is 2.86. The lowest BCUT2D eigenvalue weighted by Gasteiger charge is -2.18. The van der Waals surface area contributed by atoms with Crippen LogP contribution in [0.25, 0.3) is 0 Å². The van der Waals surface area contributed by atoms with Crippen molar-refractivity contribution in [3.63, 3.8) is 0 Å². The highest BCUT2D eigenvalue weighted by Crippen LogP contribution is 2.51. The van der Waals surface area contributed by atoms with E-state index in [4.69, 9.17) is 9.05 Å². The summed E-state index contributed by atoms with van der Waals surface area (Å²) in [5, 5.41) is 10.5. The Kier molecular flexibility index (Phi) is 10.3. The van der Waals surface area contributed by atoms with E-state index in [-0.39, 0.29) is 0 Å². The summed E-state index contributed by atoms with van der Waals surface area (Å²) in [5.41, 5.74) is 3.08. The molecule has 1 rings (SSSR count). The molecule has 0 aromatic heterocycles. The molecule has 0 radical (unpaired) electrons. The number of benzene rings is 1. The molecule has 4 nitrogen and oxygen atoms in total. The Labute approximate surface area is 152 Å². The number of aryl methyl sites for hydroxylation is 1. The van der Waals surface area contributed by atoms with Gasteiger partial charge in [-0.2, -0.15) is 0 Å². The van der Waals surface area contributed by atoms with E-state index in [0.29, 0.717) is 26.1 Å². The Morgan fingerprint density at radius 3 is 2.36 bits per heavy atom.